The number of nitrogens with zero attached hydrogens (tertiary/aromatic N) is 1. The van der Waals surface area contributed by atoms with E-state index in [-0.39, 0.29) is 12.4 Å². The Balaban J connectivity index is 0.00000128. The van der Waals surface area contributed by atoms with Crippen molar-refractivity contribution in [3.8, 4) is 0 Å². The van der Waals surface area contributed by atoms with Crippen LogP contribution >= 0.6 is 12.4 Å². The molecule has 0 bridgehead atoms. The first-order valence-corrected chi connectivity index (χ1v) is 5.10. The van der Waals surface area contributed by atoms with E-state index in [4.69, 9.17) is 0 Å². The van der Waals surface area contributed by atoms with Gasteiger partial charge in [0.2, 0.25) is 0 Å². The van der Waals surface area contributed by atoms with E-state index in [0.29, 0.717) is 12.8 Å². The van der Waals surface area contributed by atoms with Gasteiger partial charge in [-0.2, -0.15) is 0 Å². The van der Waals surface area contributed by atoms with E-state index < -0.39 is 11.5 Å². The van der Waals surface area contributed by atoms with Crippen molar-refractivity contribution in [3.05, 3.63) is 30.1 Å². The molecule has 1 aliphatic heterocycles. The lowest BCUT2D eigenvalue weighted by atomic mass is 9.90. The van der Waals surface area contributed by atoms with E-state index in [1.54, 1.807) is 12.4 Å². The maximum Gasteiger partial charge on any atom is 0.324 e. The minimum atomic E-state index is -0.775. The number of hydrogen-bond donors (Lipinski definition) is 2. The van der Waals surface area contributed by atoms with Gasteiger partial charge in [0, 0.05) is 18.8 Å². The van der Waals surface area contributed by atoms with Crippen LogP contribution < -0.4 is 5.32 Å². The van der Waals surface area contributed by atoms with Crippen LogP contribution in [0.25, 0.3) is 0 Å². The van der Waals surface area contributed by atoms with Crippen molar-refractivity contribution in [2.75, 3.05) is 6.54 Å². The van der Waals surface area contributed by atoms with Crippen LogP contribution in [0.15, 0.2) is 24.5 Å². The average Bonchev–Trinajstić information content (AvgIpc) is 2.69. The molecule has 1 saturated heterocycles. The Morgan fingerprint density at radius 1 is 1.62 bits per heavy atom. The Morgan fingerprint density at radius 2 is 2.44 bits per heavy atom. The van der Waals surface area contributed by atoms with Gasteiger partial charge >= 0.3 is 5.97 Å². The number of carboxylic acid groups (broad SMARTS) is 1. The van der Waals surface area contributed by atoms with Crippen LogP contribution in [-0.2, 0) is 11.2 Å². The minimum absolute atomic E-state index is 0. The number of carboxylic acids is 1. The summed E-state index contributed by atoms with van der Waals surface area (Å²) >= 11 is 0. The predicted octanol–water partition coefficient (Wildman–Crippen LogP) is 1.25. The Kier molecular flexibility index (Phi) is 4.26. The molecule has 0 amide bonds. The van der Waals surface area contributed by atoms with E-state index >= 15 is 0 Å². The molecule has 16 heavy (non-hydrogen) atoms. The monoisotopic (exact) mass is 242 g/mol. The largest absolute Gasteiger partial charge is 0.480 e. The van der Waals surface area contributed by atoms with Crippen LogP contribution in [0.1, 0.15) is 18.4 Å². The van der Waals surface area contributed by atoms with Gasteiger partial charge in [-0.1, -0.05) is 6.07 Å². The van der Waals surface area contributed by atoms with Crippen molar-refractivity contribution in [2.45, 2.75) is 24.8 Å². The second-order valence-corrected chi connectivity index (χ2v) is 3.96. The number of aliphatic carboxylic acids is 1. The molecule has 1 aliphatic rings. The second-order valence-electron chi connectivity index (χ2n) is 3.96. The first kappa shape index (κ1) is 12.9. The summed E-state index contributed by atoms with van der Waals surface area (Å²) in [6, 6.07) is 3.75. The second kappa shape index (κ2) is 5.27. The number of aromatic nitrogens is 1. The van der Waals surface area contributed by atoms with Gasteiger partial charge in [0.25, 0.3) is 0 Å². The van der Waals surface area contributed by atoms with Gasteiger partial charge in [0.05, 0.1) is 0 Å². The Morgan fingerprint density at radius 3 is 2.94 bits per heavy atom. The van der Waals surface area contributed by atoms with Crippen molar-refractivity contribution < 1.29 is 9.90 Å². The lowest BCUT2D eigenvalue weighted by molar-refractivity contribution is -0.144. The molecule has 0 aliphatic carbocycles. The molecule has 88 valence electrons. The molecule has 0 saturated carbocycles. The third-order valence-electron chi connectivity index (χ3n) is 2.88. The smallest absolute Gasteiger partial charge is 0.324 e. The van der Waals surface area contributed by atoms with Crippen LogP contribution in [-0.4, -0.2) is 28.1 Å². The molecule has 0 spiro atoms. The molecule has 4 nitrogen and oxygen atoms in total. The summed E-state index contributed by atoms with van der Waals surface area (Å²) < 4.78 is 0. The standard InChI is InChI=1S/C11H14N2O2.ClH/c14-10(15)11(4-2-6-13-11)7-9-3-1-5-12-8-9;/h1,3,5,8,13H,2,4,6-7H2,(H,14,15);1H/t11-;/m1./s1. The lowest BCUT2D eigenvalue weighted by Gasteiger charge is -2.24. The normalized spacial score (nSPS) is 23.8. The predicted molar refractivity (Wildman–Crippen MR) is 62.8 cm³/mol. The highest BCUT2D eigenvalue weighted by atomic mass is 35.5. The fourth-order valence-corrected chi connectivity index (χ4v) is 2.07. The van der Waals surface area contributed by atoms with Crippen LogP contribution in [0.5, 0.6) is 0 Å². The summed E-state index contributed by atoms with van der Waals surface area (Å²) in [5.74, 6) is -0.760. The number of carbonyl (C=O) groups is 1. The molecule has 2 heterocycles. The van der Waals surface area contributed by atoms with Crippen molar-refractivity contribution in [1.82, 2.24) is 10.3 Å². The van der Waals surface area contributed by atoms with Gasteiger partial charge < -0.3 is 10.4 Å². The van der Waals surface area contributed by atoms with Gasteiger partial charge in [-0.05, 0) is 31.0 Å². The van der Waals surface area contributed by atoms with E-state index in [1.807, 2.05) is 12.1 Å². The van der Waals surface area contributed by atoms with Crippen LogP contribution in [0.4, 0.5) is 0 Å². The Labute approximate surface area is 100 Å². The number of pyridine rings is 1. The van der Waals surface area contributed by atoms with Crippen LogP contribution in [0.3, 0.4) is 0 Å². The molecule has 0 radical (unpaired) electrons. The molecule has 1 aromatic rings. The SMILES string of the molecule is Cl.O=C(O)[C@]1(Cc2cccnc2)CCCN1. The van der Waals surface area contributed by atoms with E-state index in [0.717, 1.165) is 18.5 Å². The van der Waals surface area contributed by atoms with E-state index in [9.17, 15) is 9.90 Å². The van der Waals surface area contributed by atoms with Crippen molar-refractivity contribution >= 4 is 18.4 Å². The topological polar surface area (TPSA) is 62.2 Å². The molecule has 2 rings (SSSR count). The van der Waals surface area contributed by atoms with Gasteiger partial charge in [-0.15, -0.1) is 12.4 Å². The molecule has 1 atom stereocenters. The van der Waals surface area contributed by atoms with Crippen molar-refractivity contribution in [3.63, 3.8) is 0 Å². The zero-order valence-electron chi connectivity index (χ0n) is 8.85. The summed E-state index contributed by atoms with van der Waals surface area (Å²) in [6.07, 6.45) is 5.55. The summed E-state index contributed by atoms with van der Waals surface area (Å²) in [6.45, 7) is 0.784. The van der Waals surface area contributed by atoms with Crippen molar-refractivity contribution in [2.24, 2.45) is 0 Å². The first-order valence-electron chi connectivity index (χ1n) is 5.10. The summed E-state index contributed by atoms with van der Waals surface area (Å²) in [7, 11) is 0. The molecule has 0 aromatic carbocycles. The van der Waals surface area contributed by atoms with Gasteiger partial charge in [0.1, 0.15) is 5.54 Å². The third-order valence-corrected chi connectivity index (χ3v) is 2.88. The number of halogens is 1. The minimum Gasteiger partial charge on any atom is -0.480 e. The molecule has 2 N–H and O–H groups in total. The fourth-order valence-electron chi connectivity index (χ4n) is 2.07. The fraction of sp³-hybridized carbons (Fsp3) is 0.455. The summed E-state index contributed by atoms with van der Waals surface area (Å²) in [4.78, 5) is 15.2. The van der Waals surface area contributed by atoms with Gasteiger partial charge in [-0.25, -0.2) is 0 Å². The first-order chi connectivity index (χ1) is 7.23. The third kappa shape index (κ3) is 2.51. The number of nitrogens with one attached hydrogen (secondary N) is 1. The van der Waals surface area contributed by atoms with Gasteiger partial charge in [-0.3, -0.25) is 9.78 Å². The summed E-state index contributed by atoms with van der Waals surface area (Å²) in [5, 5.41) is 12.3. The van der Waals surface area contributed by atoms with E-state index in [1.165, 1.54) is 0 Å². The lowest BCUT2D eigenvalue weighted by Crippen LogP contribution is -2.49. The molecular weight excluding hydrogens is 228 g/mol. The number of rotatable bonds is 3. The van der Waals surface area contributed by atoms with Crippen molar-refractivity contribution in [1.29, 1.82) is 0 Å². The molecule has 5 heteroatoms. The molecule has 1 aromatic heterocycles. The molecular formula is C11H15ClN2O2. The molecule has 0 unspecified atom stereocenters. The summed E-state index contributed by atoms with van der Waals surface area (Å²) in [5.41, 5.74) is 0.192. The van der Waals surface area contributed by atoms with E-state index in [2.05, 4.69) is 10.3 Å². The zero-order chi connectivity index (χ0) is 10.7. The highest BCUT2D eigenvalue weighted by Crippen LogP contribution is 2.24. The Bertz CT molecular complexity index is 350. The highest BCUT2D eigenvalue weighted by Gasteiger charge is 2.40. The maximum atomic E-state index is 11.2. The Hall–Kier alpha value is -1.13. The zero-order valence-corrected chi connectivity index (χ0v) is 9.67. The quantitative estimate of drug-likeness (QED) is 0.838. The number of hydrogen-bond acceptors (Lipinski definition) is 3. The van der Waals surface area contributed by atoms with Crippen LogP contribution in [0.2, 0.25) is 0 Å². The maximum absolute atomic E-state index is 11.2. The highest BCUT2D eigenvalue weighted by molar-refractivity contribution is 5.85. The van der Waals surface area contributed by atoms with Gasteiger partial charge in [0.15, 0.2) is 0 Å². The van der Waals surface area contributed by atoms with Crippen LogP contribution in [0, 0.1) is 0 Å². The average molecular weight is 243 g/mol. The molecule has 1 fully saturated rings.